The van der Waals surface area contributed by atoms with E-state index < -0.39 is 0 Å². The Labute approximate surface area is 131 Å². The minimum absolute atomic E-state index is 0.228. The average molecular weight is 304 g/mol. The molecule has 2 N–H and O–H groups in total. The highest BCUT2D eigenvalue weighted by Crippen LogP contribution is 2.23. The summed E-state index contributed by atoms with van der Waals surface area (Å²) in [5.74, 6) is 0.472. The minimum atomic E-state index is -0.228. The number of nitrogens with zero attached hydrogens (tertiary/aromatic N) is 1. The van der Waals surface area contributed by atoms with Crippen molar-refractivity contribution in [1.82, 2.24) is 10.3 Å². The predicted molar refractivity (Wildman–Crippen MR) is 89.5 cm³/mol. The van der Waals surface area contributed by atoms with Gasteiger partial charge in [0, 0.05) is 17.5 Å². The molecule has 0 radical (unpaired) electrons. The topological polar surface area (TPSA) is 45.2 Å². The lowest BCUT2D eigenvalue weighted by Gasteiger charge is -2.13. The Morgan fingerprint density at radius 2 is 1.95 bits per heavy atom. The van der Waals surface area contributed by atoms with Crippen molar-refractivity contribution < 1.29 is 5.11 Å². The van der Waals surface area contributed by atoms with Crippen molar-refractivity contribution >= 4 is 11.3 Å². The number of aliphatic hydroxyl groups is 1. The van der Waals surface area contributed by atoms with Gasteiger partial charge in [0.25, 0.3) is 0 Å². The molecule has 2 rings (SSSR count). The summed E-state index contributed by atoms with van der Waals surface area (Å²) in [5.41, 5.74) is 3.53. The normalized spacial score (nSPS) is 14.1. The number of hydrogen-bond acceptors (Lipinski definition) is 4. The summed E-state index contributed by atoms with van der Waals surface area (Å²) >= 11 is 1.69. The van der Waals surface area contributed by atoms with Crippen molar-refractivity contribution in [1.29, 1.82) is 0 Å². The van der Waals surface area contributed by atoms with Crippen molar-refractivity contribution in [2.24, 2.45) is 5.92 Å². The Morgan fingerprint density at radius 1 is 1.24 bits per heavy atom. The van der Waals surface area contributed by atoms with Crippen LogP contribution in [0.2, 0.25) is 0 Å². The van der Waals surface area contributed by atoms with Crippen molar-refractivity contribution in [3.8, 4) is 10.6 Å². The quantitative estimate of drug-likeness (QED) is 0.821. The van der Waals surface area contributed by atoms with E-state index in [0.29, 0.717) is 5.92 Å². The van der Waals surface area contributed by atoms with Crippen LogP contribution in [0.15, 0.2) is 29.6 Å². The average Bonchev–Trinajstić information content (AvgIpc) is 2.87. The van der Waals surface area contributed by atoms with Gasteiger partial charge in [0.05, 0.1) is 11.8 Å². The molecular weight excluding hydrogens is 280 g/mol. The summed E-state index contributed by atoms with van der Waals surface area (Å²) in [7, 11) is 0. The van der Waals surface area contributed by atoms with Crippen LogP contribution < -0.4 is 5.32 Å². The van der Waals surface area contributed by atoms with E-state index in [2.05, 4.69) is 53.8 Å². The fourth-order valence-electron chi connectivity index (χ4n) is 2.33. The molecule has 4 heteroatoms. The second kappa shape index (κ2) is 7.69. The number of thiazole rings is 1. The van der Waals surface area contributed by atoms with Gasteiger partial charge in [-0.3, -0.25) is 0 Å². The zero-order valence-corrected chi connectivity index (χ0v) is 13.8. The summed E-state index contributed by atoms with van der Waals surface area (Å²) in [6.45, 7) is 7.77. The highest BCUT2D eigenvalue weighted by Gasteiger charge is 2.07. The first-order valence-electron chi connectivity index (χ1n) is 7.45. The van der Waals surface area contributed by atoms with Crippen LogP contribution >= 0.6 is 11.3 Å². The van der Waals surface area contributed by atoms with Crippen LogP contribution in [0.25, 0.3) is 10.6 Å². The van der Waals surface area contributed by atoms with Crippen molar-refractivity contribution in [3.63, 3.8) is 0 Å². The van der Waals surface area contributed by atoms with Crippen LogP contribution in [0.1, 0.15) is 31.5 Å². The van der Waals surface area contributed by atoms with Gasteiger partial charge in [-0.1, -0.05) is 36.8 Å². The summed E-state index contributed by atoms with van der Waals surface area (Å²) < 4.78 is 0. The maximum absolute atomic E-state index is 9.35. The van der Waals surface area contributed by atoms with Crippen molar-refractivity contribution in [3.05, 3.63) is 40.9 Å². The van der Waals surface area contributed by atoms with Crippen molar-refractivity contribution in [2.75, 3.05) is 6.54 Å². The Bertz CT molecular complexity index is 548. The lowest BCUT2D eigenvalue weighted by Crippen LogP contribution is -2.23. The third kappa shape index (κ3) is 5.23. The number of aryl methyl sites for hydroxylation is 1. The molecule has 1 aromatic heterocycles. The SMILES string of the molecule is Cc1ccc(-c2nc(CNCC(C)CC(C)O)cs2)cc1. The maximum Gasteiger partial charge on any atom is 0.123 e. The number of nitrogens with one attached hydrogen (secondary N) is 1. The maximum atomic E-state index is 9.35. The number of benzene rings is 1. The third-order valence-corrected chi connectivity index (χ3v) is 4.33. The van der Waals surface area contributed by atoms with Gasteiger partial charge < -0.3 is 10.4 Å². The van der Waals surface area contributed by atoms with Crippen LogP contribution in [-0.4, -0.2) is 22.7 Å². The van der Waals surface area contributed by atoms with Crippen LogP contribution in [0, 0.1) is 12.8 Å². The Hall–Kier alpha value is -1.23. The van der Waals surface area contributed by atoms with Crippen LogP contribution in [0.4, 0.5) is 0 Å². The van der Waals surface area contributed by atoms with E-state index in [0.717, 1.165) is 30.2 Å². The van der Waals surface area contributed by atoms with Crippen LogP contribution in [-0.2, 0) is 6.54 Å². The summed E-state index contributed by atoms with van der Waals surface area (Å²) in [5, 5.41) is 15.9. The largest absolute Gasteiger partial charge is 0.393 e. The number of rotatable bonds is 7. The molecule has 1 heterocycles. The van der Waals surface area contributed by atoms with Crippen molar-refractivity contribution in [2.45, 2.75) is 39.8 Å². The smallest absolute Gasteiger partial charge is 0.123 e. The van der Waals surface area contributed by atoms with E-state index in [1.54, 1.807) is 11.3 Å². The molecule has 0 aliphatic carbocycles. The molecule has 3 nitrogen and oxygen atoms in total. The highest BCUT2D eigenvalue weighted by molar-refractivity contribution is 7.13. The number of aliphatic hydroxyl groups excluding tert-OH is 1. The van der Waals surface area contributed by atoms with Gasteiger partial charge in [0.2, 0.25) is 0 Å². The Kier molecular flexibility index (Phi) is 5.91. The van der Waals surface area contributed by atoms with Crippen LogP contribution in [0.3, 0.4) is 0 Å². The summed E-state index contributed by atoms with van der Waals surface area (Å²) in [4.78, 5) is 4.67. The first kappa shape index (κ1) is 16.1. The first-order valence-corrected chi connectivity index (χ1v) is 8.33. The molecule has 0 bridgehead atoms. The van der Waals surface area contributed by atoms with Gasteiger partial charge >= 0.3 is 0 Å². The minimum Gasteiger partial charge on any atom is -0.393 e. The fraction of sp³-hybridized carbons (Fsp3) is 0.471. The molecule has 0 aliphatic heterocycles. The monoisotopic (exact) mass is 304 g/mol. The van der Waals surface area contributed by atoms with Crippen LogP contribution in [0.5, 0.6) is 0 Å². The molecule has 0 aliphatic rings. The zero-order chi connectivity index (χ0) is 15.2. The number of hydrogen-bond donors (Lipinski definition) is 2. The van der Waals surface area contributed by atoms with Gasteiger partial charge in [0.15, 0.2) is 0 Å². The van der Waals surface area contributed by atoms with Gasteiger partial charge in [0.1, 0.15) is 5.01 Å². The molecule has 21 heavy (non-hydrogen) atoms. The highest BCUT2D eigenvalue weighted by atomic mass is 32.1. The van der Waals surface area contributed by atoms with Gasteiger partial charge in [-0.2, -0.15) is 0 Å². The molecule has 0 saturated carbocycles. The van der Waals surface area contributed by atoms with E-state index >= 15 is 0 Å². The Morgan fingerprint density at radius 3 is 2.62 bits per heavy atom. The Balaban J connectivity index is 1.84. The lowest BCUT2D eigenvalue weighted by atomic mass is 10.1. The molecule has 0 spiro atoms. The van der Waals surface area contributed by atoms with Gasteiger partial charge in [-0.15, -0.1) is 11.3 Å². The summed E-state index contributed by atoms with van der Waals surface area (Å²) in [6, 6.07) is 8.48. The predicted octanol–water partition coefficient (Wildman–Crippen LogP) is 3.62. The first-order chi connectivity index (χ1) is 10.0. The third-order valence-electron chi connectivity index (χ3n) is 3.39. The van der Waals surface area contributed by atoms with E-state index in [9.17, 15) is 5.11 Å². The van der Waals surface area contributed by atoms with E-state index in [4.69, 9.17) is 0 Å². The molecule has 2 unspecified atom stereocenters. The molecule has 0 saturated heterocycles. The number of aromatic nitrogens is 1. The second-order valence-corrected chi connectivity index (χ2v) is 6.69. The molecular formula is C17H24N2OS. The van der Waals surface area contributed by atoms with Gasteiger partial charge in [-0.25, -0.2) is 4.98 Å². The van der Waals surface area contributed by atoms with E-state index in [-0.39, 0.29) is 6.10 Å². The molecule has 2 aromatic rings. The van der Waals surface area contributed by atoms with E-state index in [1.165, 1.54) is 11.1 Å². The second-order valence-electron chi connectivity index (χ2n) is 5.83. The molecule has 1 aromatic carbocycles. The molecule has 2 atom stereocenters. The molecule has 0 amide bonds. The standard InChI is InChI=1S/C17H24N2OS/c1-12-4-6-15(7-5-12)17-19-16(11-21-17)10-18-9-13(2)8-14(3)20/h4-7,11,13-14,18,20H,8-10H2,1-3H3. The van der Waals surface area contributed by atoms with E-state index in [1.807, 2.05) is 6.92 Å². The molecule has 114 valence electrons. The lowest BCUT2D eigenvalue weighted by molar-refractivity contribution is 0.163. The summed E-state index contributed by atoms with van der Waals surface area (Å²) in [6.07, 6.45) is 0.604. The fourth-order valence-corrected chi connectivity index (χ4v) is 3.16. The molecule has 0 fully saturated rings. The van der Waals surface area contributed by atoms with Gasteiger partial charge in [-0.05, 0) is 32.7 Å². The zero-order valence-electron chi connectivity index (χ0n) is 13.0.